The van der Waals surface area contributed by atoms with E-state index < -0.39 is 5.97 Å². The summed E-state index contributed by atoms with van der Waals surface area (Å²) >= 11 is 0. The number of carboxylic acid groups (broad SMARTS) is 1. The van der Waals surface area contributed by atoms with Gasteiger partial charge in [0.1, 0.15) is 5.75 Å². The van der Waals surface area contributed by atoms with Gasteiger partial charge in [-0.05, 0) is 45.1 Å². The molecule has 4 nitrogen and oxygen atoms in total. The molecule has 94 valence electrons. The molecular formula is C13H19NO3. The van der Waals surface area contributed by atoms with Crippen LogP contribution in [0.5, 0.6) is 5.75 Å². The van der Waals surface area contributed by atoms with E-state index in [2.05, 4.69) is 25.9 Å². The fourth-order valence-electron chi connectivity index (χ4n) is 1.39. The molecule has 0 aromatic heterocycles. The van der Waals surface area contributed by atoms with E-state index in [0.717, 1.165) is 6.42 Å². The topological polar surface area (TPSA) is 49.8 Å². The highest BCUT2D eigenvalue weighted by molar-refractivity contribution is 5.68. The normalized spacial score (nSPS) is 12.5. The Bertz CT molecular complexity index is 359. The van der Waals surface area contributed by atoms with Crippen LogP contribution in [0, 0.1) is 0 Å². The highest BCUT2D eigenvalue weighted by Gasteiger charge is 2.06. The maximum Gasteiger partial charge on any atom is 0.341 e. The number of nitrogens with zero attached hydrogens (tertiary/aromatic N) is 1. The van der Waals surface area contributed by atoms with E-state index in [1.165, 1.54) is 5.56 Å². The second-order valence-electron chi connectivity index (χ2n) is 4.34. The maximum absolute atomic E-state index is 10.3. The zero-order valence-electron chi connectivity index (χ0n) is 10.5. The van der Waals surface area contributed by atoms with Crippen molar-refractivity contribution in [2.24, 2.45) is 0 Å². The van der Waals surface area contributed by atoms with Gasteiger partial charge in [0, 0.05) is 6.04 Å². The monoisotopic (exact) mass is 237 g/mol. The van der Waals surface area contributed by atoms with E-state index in [-0.39, 0.29) is 6.61 Å². The summed E-state index contributed by atoms with van der Waals surface area (Å²) in [7, 11) is 4.10. The average Bonchev–Trinajstić information content (AvgIpc) is 2.28. The number of aliphatic carboxylic acids is 1. The van der Waals surface area contributed by atoms with Gasteiger partial charge >= 0.3 is 5.97 Å². The lowest BCUT2D eigenvalue weighted by Crippen LogP contribution is -2.26. The largest absolute Gasteiger partial charge is 0.482 e. The van der Waals surface area contributed by atoms with Crippen LogP contribution < -0.4 is 4.74 Å². The van der Waals surface area contributed by atoms with Crippen molar-refractivity contribution in [2.75, 3.05) is 20.7 Å². The van der Waals surface area contributed by atoms with Crippen molar-refractivity contribution in [1.82, 2.24) is 4.90 Å². The van der Waals surface area contributed by atoms with Crippen molar-refractivity contribution in [1.29, 1.82) is 0 Å². The Hall–Kier alpha value is -1.55. The molecule has 0 bridgehead atoms. The molecule has 0 saturated carbocycles. The third-order valence-corrected chi connectivity index (χ3v) is 2.70. The van der Waals surface area contributed by atoms with Crippen LogP contribution in [0.1, 0.15) is 12.5 Å². The third-order valence-electron chi connectivity index (χ3n) is 2.70. The Morgan fingerprint density at radius 1 is 1.35 bits per heavy atom. The molecule has 0 aliphatic rings. The lowest BCUT2D eigenvalue weighted by atomic mass is 10.1. The van der Waals surface area contributed by atoms with Gasteiger partial charge < -0.3 is 14.7 Å². The van der Waals surface area contributed by atoms with Crippen molar-refractivity contribution in [2.45, 2.75) is 19.4 Å². The molecule has 0 aliphatic carbocycles. The van der Waals surface area contributed by atoms with E-state index in [1.54, 1.807) is 12.1 Å². The quantitative estimate of drug-likeness (QED) is 0.817. The summed E-state index contributed by atoms with van der Waals surface area (Å²) in [6.07, 6.45) is 0.964. The highest BCUT2D eigenvalue weighted by Crippen LogP contribution is 2.14. The first kappa shape index (κ1) is 13.5. The second-order valence-corrected chi connectivity index (χ2v) is 4.34. The molecule has 0 radical (unpaired) electrons. The fraction of sp³-hybridized carbons (Fsp3) is 0.462. The third kappa shape index (κ3) is 4.87. The Morgan fingerprint density at radius 2 is 1.94 bits per heavy atom. The minimum absolute atomic E-state index is 0.298. The molecule has 0 aliphatic heterocycles. The smallest absolute Gasteiger partial charge is 0.341 e. The first-order valence-electron chi connectivity index (χ1n) is 5.59. The molecule has 1 aromatic carbocycles. The SMILES string of the molecule is C[C@@H](Cc1ccc(OCC(=O)O)cc1)N(C)C. The zero-order valence-corrected chi connectivity index (χ0v) is 10.5. The molecule has 0 unspecified atom stereocenters. The van der Waals surface area contributed by atoms with Gasteiger partial charge in [-0.1, -0.05) is 12.1 Å². The van der Waals surface area contributed by atoms with Crippen molar-refractivity contribution < 1.29 is 14.6 Å². The number of benzene rings is 1. The Kier molecular flexibility index (Phi) is 4.97. The summed E-state index contributed by atoms with van der Waals surface area (Å²) in [6.45, 7) is 1.86. The Labute approximate surface area is 102 Å². The fourth-order valence-corrected chi connectivity index (χ4v) is 1.39. The van der Waals surface area contributed by atoms with Gasteiger partial charge in [-0.2, -0.15) is 0 Å². The predicted octanol–water partition coefficient (Wildman–Crippen LogP) is 1.64. The van der Waals surface area contributed by atoms with E-state index >= 15 is 0 Å². The number of hydrogen-bond donors (Lipinski definition) is 1. The molecule has 1 atom stereocenters. The summed E-state index contributed by atoms with van der Waals surface area (Å²) in [6, 6.07) is 8.02. The second kappa shape index (κ2) is 6.25. The molecule has 0 heterocycles. The van der Waals surface area contributed by atoms with Gasteiger partial charge in [-0.15, -0.1) is 0 Å². The summed E-state index contributed by atoms with van der Waals surface area (Å²) in [5.74, 6) is -0.371. The molecule has 1 aromatic rings. The minimum Gasteiger partial charge on any atom is -0.482 e. The number of likely N-dealkylation sites (N-methyl/N-ethyl adjacent to an activating group) is 1. The van der Waals surface area contributed by atoms with Gasteiger partial charge in [0.15, 0.2) is 6.61 Å². The van der Waals surface area contributed by atoms with E-state index in [1.807, 2.05) is 12.1 Å². The van der Waals surface area contributed by atoms with Crippen LogP contribution in [0.25, 0.3) is 0 Å². The Balaban J connectivity index is 2.53. The first-order chi connectivity index (χ1) is 7.99. The van der Waals surface area contributed by atoms with Crippen LogP contribution in [0.4, 0.5) is 0 Å². The van der Waals surface area contributed by atoms with Crippen molar-refractivity contribution in [3.63, 3.8) is 0 Å². The zero-order chi connectivity index (χ0) is 12.8. The maximum atomic E-state index is 10.3. The number of carbonyl (C=O) groups is 1. The van der Waals surface area contributed by atoms with E-state index in [4.69, 9.17) is 9.84 Å². The van der Waals surface area contributed by atoms with Gasteiger partial charge in [-0.25, -0.2) is 4.79 Å². The van der Waals surface area contributed by atoms with Gasteiger partial charge in [0.05, 0.1) is 0 Å². The molecule has 0 spiro atoms. The van der Waals surface area contributed by atoms with Crippen LogP contribution >= 0.6 is 0 Å². The van der Waals surface area contributed by atoms with Crippen LogP contribution in [-0.2, 0) is 11.2 Å². The molecular weight excluding hydrogens is 218 g/mol. The summed E-state index contributed by atoms with van der Waals surface area (Å²) in [5, 5.41) is 8.48. The minimum atomic E-state index is -0.963. The van der Waals surface area contributed by atoms with Crippen LogP contribution in [0.2, 0.25) is 0 Å². The molecule has 0 fully saturated rings. The Morgan fingerprint density at radius 3 is 2.41 bits per heavy atom. The highest BCUT2D eigenvalue weighted by atomic mass is 16.5. The summed E-state index contributed by atoms with van der Waals surface area (Å²) in [4.78, 5) is 12.5. The molecule has 17 heavy (non-hydrogen) atoms. The van der Waals surface area contributed by atoms with E-state index in [9.17, 15) is 4.79 Å². The molecule has 1 rings (SSSR count). The summed E-state index contributed by atoms with van der Waals surface area (Å²) in [5.41, 5.74) is 1.22. The predicted molar refractivity (Wildman–Crippen MR) is 66.4 cm³/mol. The standard InChI is InChI=1S/C13H19NO3/c1-10(14(2)3)8-11-4-6-12(7-5-11)17-9-13(15)16/h4-7,10H,8-9H2,1-3H3,(H,15,16)/t10-/m0/s1. The summed E-state index contributed by atoms with van der Waals surface area (Å²) < 4.78 is 5.06. The van der Waals surface area contributed by atoms with Gasteiger partial charge in [0.25, 0.3) is 0 Å². The lowest BCUT2D eigenvalue weighted by Gasteiger charge is -2.19. The van der Waals surface area contributed by atoms with Crippen molar-refractivity contribution in [3.8, 4) is 5.75 Å². The van der Waals surface area contributed by atoms with Crippen molar-refractivity contribution in [3.05, 3.63) is 29.8 Å². The lowest BCUT2D eigenvalue weighted by molar-refractivity contribution is -0.139. The number of ether oxygens (including phenoxy) is 1. The average molecular weight is 237 g/mol. The number of rotatable bonds is 6. The number of hydrogen-bond acceptors (Lipinski definition) is 3. The van der Waals surface area contributed by atoms with Crippen LogP contribution in [-0.4, -0.2) is 42.7 Å². The molecule has 0 saturated heterocycles. The number of carboxylic acids is 1. The van der Waals surface area contributed by atoms with Crippen LogP contribution in [0.3, 0.4) is 0 Å². The van der Waals surface area contributed by atoms with Crippen LogP contribution in [0.15, 0.2) is 24.3 Å². The van der Waals surface area contributed by atoms with Crippen molar-refractivity contribution >= 4 is 5.97 Å². The molecule has 1 N–H and O–H groups in total. The first-order valence-corrected chi connectivity index (χ1v) is 5.59. The van der Waals surface area contributed by atoms with Gasteiger partial charge in [0.2, 0.25) is 0 Å². The van der Waals surface area contributed by atoms with E-state index in [0.29, 0.717) is 11.8 Å². The molecule has 0 amide bonds. The van der Waals surface area contributed by atoms with Gasteiger partial charge in [-0.3, -0.25) is 0 Å². The molecule has 4 heteroatoms.